The van der Waals surface area contributed by atoms with Crippen molar-refractivity contribution in [1.82, 2.24) is 19.4 Å². The molecule has 0 spiro atoms. The Bertz CT molecular complexity index is 1040. The van der Waals surface area contributed by atoms with Gasteiger partial charge in [0.05, 0.1) is 28.3 Å². The smallest absolute Gasteiger partial charge is 0.244 e. The maximum atomic E-state index is 12.7. The largest absolute Gasteiger partial charge is 0.368 e. The van der Waals surface area contributed by atoms with Crippen LogP contribution in [0.1, 0.15) is 24.2 Å². The molecule has 4 rings (SSSR count). The molecule has 2 aliphatic heterocycles. The first-order chi connectivity index (χ1) is 13.8. The van der Waals surface area contributed by atoms with E-state index in [4.69, 9.17) is 11.6 Å². The van der Waals surface area contributed by atoms with Crippen molar-refractivity contribution in [2.45, 2.75) is 44.3 Å². The summed E-state index contributed by atoms with van der Waals surface area (Å²) in [5.74, 6) is 0.0959. The molecular formula is C19H24ClN5O3S. The van der Waals surface area contributed by atoms with Crippen LogP contribution < -0.4 is 10.0 Å². The quantitative estimate of drug-likeness (QED) is 0.766. The van der Waals surface area contributed by atoms with Gasteiger partial charge in [-0.1, -0.05) is 23.7 Å². The highest BCUT2D eigenvalue weighted by Crippen LogP contribution is 2.30. The number of hydrogen-bond donors (Lipinski definition) is 2. The lowest BCUT2D eigenvalue weighted by Crippen LogP contribution is -2.52. The van der Waals surface area contributed by atoms with Gasteiger partial charge in [0, 0.05) is 13.1 Å². The van der Waals surface area contributed by atoms with Gasteiger partial charge in [0.15, 0.2) is 0 Å². The lowest BCUT2D eigenvalue weighted by atomic mass is 9.93. The Balaban J connectivity index is 1.38. The van der Waals surface area contributed by atoms with Crippen molar-refractivity contribution >= 4 is 33.2 Å². The zero-order valence-corrected chi connectivity index (χ0v) is 17.9. The van der Waals surface area contributed by atoms with E-state index in [9.17, 15) is 13.2 Å². The van der Waals surface area contributed by atoms with Crippen LogP contribution in [0.3, 0.4) is 0 Å². The first-order valence-corrected chi connectivity index (χ1v) is 11.5. The molecule has 2 aromatic rings. The molecule has 1 amide bonds. The number of nitrogens with one attached hydrogen (secondary N) is 2. The van der Waals surface area contributed by atoms with Gasteiger partial charge in [-0.2, -0.15) is 9.82 Å². The van der Waals surface area contributed by atoms with Gasteiger partial charge in [-0.05, 0) is 44.7 Å². The van der Waals surface area contributed by atoms with E-state index in [1.165, 1.54) is 0 Å². The molecule has 2 N–H and O–H groups in total. The van der Waals surface area contributed by atoms with Crippen molar-refractivity contribution in [2.75, 3.05) is 18.4 Å². The third-order valence-corrected chi connectivity index (χ3v) is 7.76. The lowest BCUT2D eigenvalue weighted by Gasteiger charge is -2.38. The number of amides is 1. The summed E-state index contributed by atoms with van der Waals surface area (Å²) < 4.78 is 29.4. The van der Waals surface area contributed by atoms with Gasteiger partial charge in [0.2, 0.25) is 15.9 Å². The van der Waals surface area contributed by atoms with Crippen LogP contribution >= 0.6 is 11.6 Å². The molecule has 1 unspecified atom stereocenters. The van der Waals surface area contributed by atoms with Crippen molar-refractivity contribution in [3.63, 3.8) is 0 Å². The van der Waals surface area contributed by atoms with Crippen molar-refractivity contribution in [2.24, 2.45) is 5.92 Å². The van der Waals surface area contributed by atoms with Gasteiger partial charge in [0.25, 0.3) is 0 Å². The average Bonchev–Trinajstić information content (AvgIpc) is 2.94. The molecule has 0 bridgehead atoms. The predicted octanol–water partition coefficient (Wildman–Crippen LogP) is 2.12. The van der Waals surface area contributed by atoms with Crippen LogP contribution in [0, 0.1) is 19.8 Å². The minimum atomic E-state index is -3.53. The molecule has 1 fully saturated rings. The van der Waals surface area contributed by atoms with Crippen LogP contribution in [0.5, 0.6) is 0 Å². The van der Waals surface area contributed by atoms with E-state index in [0.717, 1.165) is 5.69 Å². The second-order valence-electron chi connectivity index (χ2n) is 7.60. The van der Waals surface area contributed by atoms with Crippen LogP contribution in [0.25, 0.3) is 0 Å². The molecule has 1 atom stereocenters. The van der Waals surface area contributed by atoms with E-state index in [-0.39, 0.29) is 29.4 Å². The van der Waals surface area contributed by atoms with Crippen LogP contribution in [-0.2, 0) is 21.4 Å². The molecule has 0 aliphatic carbocycles. The SMILES string of the molecule is Cc1nn(CC(=O)N2CCC(C3Nc4ccccc4S(=O)(=O)N3)CC2)c(C)c1Cl. The number of halogens is 1. The molecule has 8 nitrogen and oxygen atoms in total. The van der Waals surface area contributed by atoms with Gasteiger partial charge in [0.1, 0.15) is 11.4 Å². The molecule has 0 saturated carbocycles. The number of nitrogens with zero attached hydrogens (tertiary/aromatic N) is 3. The van der Waals surface area contributed by atoms with Crippen molar-refractivity contribution < 1.29 is 13.2 Å². The van der Waals surface area contributed by atoms with Crippen LogP contribution in [0.2, 0.25) is 5.02 Å². The highest BCUT2D eigenvalue weighted by Gasteiger charge is 2.35. The summed E-state index contributed by atoms with van der Waals surface area (Å²) in [6, 6.07) is 6.89. The number of para-hydroxylation sites is 1. The van der Waals surface area contributed by atoms with Crippen LogP contribution in [-0.4, -0.2) is 48.3 Å². The highest BCUT2D eigenvalue weighted by atomic mass is 35.5. The lowest BCUT2D eigenvalue weighted by molar-refractivity contribution is -0.133. The second kappa shape index (κ2) is 7.62. The fraction of sp³-hybridized carbons (Fsp3) is 0.474. The first kappa shape index (κ1) is 20.2. The van der Waals surface area contributed by atoms with Gasteiger partial charge < -0.3 is 10.2 Å². The topological polar surface area (TPSA) is 96.3 Å². The Morgan fingerprint density at radius 1 is 1.24 bits per heavy atom. The average molecular weight is 438 g/mol. The van der Waals surface area contributed by atoms with E-state index in [2.05, 4.69) is 15.1 Å². The summed E-state index contributed by atoms with van der Waals surface area (Å²) in [5.41, 5.74) is 2.12. The molecular weight excluding hydrogens is 414 g/mol. The number of anilines is 1. The number of likely N-dealkylation sites (tertiary alicyclic amines) is 1. The Kier molecular flexibility index (Phi) is 5.30. The van der Waals surface area contributed by atoms with Gasteiger partial charge >= 0.3 is 0 Å². The van der Waals surface area contributed by atoms with Crippen LogP contribution in [0.4, 0.5) is 5.69 Å². The normalized spacial score (nSPS) is 21.5. The summed E-state index contributed by atoms with van der Waals surface area (Å²) in [4.78, 5) is 14.8. The third-order valence-electron chi connectivity index (χ3n) is 5.71. The third kappa shape index (κ3) is 3.86. The molecule has 156 valence electrons. The van der Waals surface area contributed by atoms with Gasteiger partial charge in [-0.15, -0.1) is 0 Å². The van der Waals surface area contributed by atoms with E-state index in [1.54, 1.807) is 22.9 Å². The number of aromatic nitrogens is 2. The van der Waals surface area contributed by atoms with Gasteiger partial charge in [-0.3, -0.25) is 9.48 Å². The number of benzene rings is 1. The summed E-state index contributed by atoms with van der Waals surface area (Å²) in [6.45, 7) is 4.99. The Labute approximate surface area is 175 Å². The molecule has 1 aromatic carbocycles. The minimum Gasteiger partial charge on any atom is -0.368 e. The fourth-order valence-corrected chi connectivity index (χ4v) is 5.52. The van der Waals surface area contributed by atoms with Crippen LogP contribution in [0.15, 0.2) is 29.2 Å². The number of carbonyl (C=O) groups excluding carboxylic acids is 1. The number of rotatable bonds is 3. The number of hydrogen-bond acceptors (Lipinski definition) is 5. The van der Waals surface area contributed by atoms with E-state index >= 15 is 0 Å². The number of piperidine rings is 1. The molecule has 0 radical (unpaired) electrons. The summed E-state index contributed by atoms with van der Waals surface area (Å²) in [5, 5.41) is 8.21. The maximum Gasteiger partial charge on any atom is 0.244 e. The maximum absolute atomic E-state index is 12.7. The monoisotopic (exact) mass is 437 g/mol. The van der Waals surface area contributed by atoms with Crippen molar-refractivity contribution in [3.8, 4) is 0 Å². The van der Waals surface area contributed by atoms with Crippen molar-refractivity contribution in [3.05, 3.63) is 40.7 Å². The minimum absolute atomic E-state index is 0.00625. The zero-order valence-electron chi connectivity index (χ0n) is 16.4. The van der Waals surface area contributed by atoms with E-state index in [0.29, 0.717) is 42.3 Å². The van der Waals surface area contributed by atoms with Crippen molar-refractivity contribution in [1.29, 1.82) is 0 Å². The molecule has 2 aliphatic rings. The number of sulfonamides is 1. The standard InChI is InChI=1S/C19H24ClN5O3S/c1-12-18(20)13(2)25(22-12)11-17(26)24-9-7-14(8-10-24)19-21-15-5-3-4-6-16(15)29(27,28)23-19/h3-6,14,19,21,23H,7-11H2,1-2H3. The number of fused-ring (bicyclic) bond motifs is 1. The van der Waals surface area contributed by atoms with E-state index < -0.39 is 10.0 Å². The van der Waals surface area contributed by atoms with E-state index in [1.807, 2.05) is 24.8 Å². The molecule has 1 saturated heterocycles. The Hall–Kier alpha value is -2.10. The number of carbonyl (C=O) groups is 1. The number of aryl methyl sites for hydroxylation is 1. The highest BCUT2D eigenvalue weighted by molar-refractivity contribution is 7.89. The molecule has 29 heavy (non-hydrogen) atoms. The summed E-state index contributed by atoms with van der Waals surface area (Å²) in [6.07, 6.45) is 1.06. The second-order valence-corrected chi connectivity index (χ2v) is 9.66. The molecule has 3 heterocycles. The molecule has 10 heteroatoms. The molecule has 1 aromatic heterocycles. The summed E-state index contributed by atoms with van der Waals surface area (Å²) in [7, 11) is -3.53. The zero-order chi connectivity index (χ0) is 20.8. The Morgan fingerprint density at radius 3 is 2.59 bits per heavy atom. The fourth-order valence-electron chi connectivity index (χ4n) is 4.00. The first-order valence-electron chi connectivity index (χ1n) is 9.61. The summed E-state index contributed by atoms with van der Waals surface area (Å²) >= 11 is 6.16. The van der Waals surface area contributed by atoms with Gasteiger partial charge in [-0.25, -0.2) is 8.42 Å². The predicted molar refractivity (Wildman–Crippen MR) is 110 cm³/mol. The Morgan fingerprint density at radius 2 is 1.93 bits per heavy atom.